The molecule has 0 saturated heterocycles. The molecule has 0 amide bonds. The minimum atomic E-state index is 0.0781. The van der Waals surface area contributed by atoms with Crippen LogP contribution < -0.4 is 5.32 Å². The van der Waals surface area contributed by atoms with E-state index in [1.165, 1.54) is 16.7 Å². The molecule has 0 bridgehead atoms. The van der Waals surface area contributed by atoms with Crippen LogP contribution in [0.15, 0.2) is 18.2 Å². The van der Waals surface area contributed by atoms with Crippen LogP contribution >= 0.6 is 0 Å². The highest BCUT2D eigenvalue weighted by Gasteiger charge is 2.03. The number of rotatable bonds is 4. The zero-order chi connectivity index (χ0) is 11.3. The van der Waals surface area contributed by atoms with E-state index in [1.807, 2.05) is 6.92 Å². The first-order valence-electron chi connectivity index (χ1n) is 5.30. The molecule has 1 unspecified atom stereocenters. The first kappa shape index (κ1) is 11.7. The Balaban J connectivity index is 2.55. The summed E-state index contributed by atoms with van der Waals surface area (Å²) >= 11 is 0. The number of nitrogens with one attached hydrogen (secondary N) is 1. The summed E-state index contributed by atoms with van der Waals surface area (Å²) < 4.78 is 0. The maximum absolute atomic E-state index is 8.65. The van der Waals surface area contributed by atoms with Crippen molar-refractivity contribution in [2.75, 3.05) is 6.54 Å². The highest BCUT2D eigenvalue weighted by atomic mass is 14.9. The second-order valence-corrected chi connectivity index (χ2v) is 4.03. The van der Waals surface area contributed by atoms with Crippen molar-refractivity contribution < 1.29 is 0 Å². The summed E-state index contributed by atoms with van der Waals surface area (Å²) in [5.41, 5.74) is 3.97. The predicted octanol–water partition coefficient (Wildman–Crippen LogP) is 2.55. The molecule has 0 radical (unpaired) electrons. The summed E-state index contributed by atoms with van der Waals surface area (Å²) in [5, 5.41) is 12.0. The van der Waals surface area contributed by atoms with Crippen molar-refractivity contribution in [2.45, 2.75) is 27.3 Å². The van der Waals surface area contributed by atoms with Gasteiger partial charge in [-0.2, -0.15) is 5.26 Å². The molecule has 0 aliphatic carbocycles. The van der Waals surface area contributed by atoms with Crippen molar-refractivity contribution >= 4 is 0 Å². The van der Waals surface area contributed by atoms with Crippen molar-refractivity contribution in [1.82, 2.24) is 5.32 Å². The van der Waals surface area contributed by atoms with E-state index < -0.39 is 0 Å². The molecule has 1 rings (SSSR count). The van der Waals surface area contributed by atoms with Crippen LogP contribution in [-0.2, 0) is 6.54 Å². The molecule has 2 nitrogen and oxygen atoms in total. The van der Waals surface area contributed by atoms with Gasteiger partial charge in [0, 0.05) is 13.1 Å². The summed E-state index contributed by atoms with van der Waals surface area (Å²) in [6.45, 7) is 7.78. The predicted molar refractivity (Wildman–Crippen MR) is 62.4 cm³/mol. The fourth-order valence-corrected chi connectivity index (χ4v) is 1.59. The van der Waals surface area contributed by atoms with Crippen molar-refractivity contribution in [3.05, 3.63) is 34.9 Å². The van der Waals surface area contributed by atoms with Gasteiger partial charge in [0.25, 0.3) is 0 Å². The highest BCUT2D eigenvalue weighted by molar-refractivity contribution is 5.33. The van der Waals surface area contributed by atoms with E-state index in [1.54, 1.807) is 0 Å². The van der Waals surface area contributed by atoms with E-state index >= 15 is 0 Å². The Morgan fingerprint density at radius 2 is 1.93 bits per heavy atom. The van der Waals surface area contributed by atoms with E-state index in [0.717, 1.165) is 13.1 Å². The highest BCUT2D eigenvalue weighted by Crippen LogP contribution is 2.12. The van der Waals surface area contributed by atoms with E-state index in [2.05, 4.69) is 43.4 Å². The van der Waals surface area contributed by atoms with Gasteiger partial charge in [0.2, 0.25) is 0 Å². The number of benzene rings is 1. The van der Waals surface area contributed by atoms with Gasteiger partial charge in [-0.1, -0.05) is 18.2 Å². The van der Waals surface area contributed by atoms with E-state index in [9.17, 15) is 0 Å². The fraction of sp³-hybridized carbons (Fsp3) is 0.462. The van der Waals surface area contributed by atoms with Gasteiger partial charge in [0.1, 0.15) is 0 Å². The molecule has 15 heavy (non-hydrogen) atoms. The SMILES string of the molecule is Cc1cccc(C)c1CNCC(C)C#N. The molecule has 1 atom stereocenters. The van der Waals surface area contributed by atoms with Crippen molar-refractivity contribution in [1.29, 1.82) is 5.26 Å². The zero-order valence-electron chi connectivity index (χ0n) is 9.67. The summed E-state index contributed by atoms with van der Waals surface area (Å²) in [4.78, 5) is 0. The molecule has 0 aromatic heterocycles. The van der Waals surface area contributed by atoms with Gasteiger partial charge < -0.3 is 5.32 Å². The van der Waals surface area contributed by atoms with E-state index in [0.29, 0.717) is 0 Å². The maximum atomic E-state index is 8.65. The molecule has 0 saturated carbocycles. The Labute approximate surface area is 91.9 Å². The summed E-state index contributed by atoms with van der Waals surface area (Å²) in [5.74, 6) is 0.0781. The molecule has 0 aliphatic rings. The van der Waals surface area contributed by atoms with Gasteiger partial charge in [-0.25, -0.2) is 0 Å². The van der Waals surface area contributed by atoms with Gasteiger partial charge in [-0.3, -0.25) is 0 Å². The smallest absolute Gasteiger partial charge is 0.0666 e. The normalized spacial score (nSPS) is 12.1. The van der Waals surface area contributed by atoms with Crippen LogP contribution in [0.2, 0.25) is 0 Å². The minimum Gasteiger partial charge on any atom is -0.311 e. The molecule has 0 fully saturated rings. The molecule has 1 aromatic carbocycles. The molecule has 0 spiro atoms. The second-order valence-electron chi connectivity index (χ2n) is 4.03. The summed E-state index contributed by atoms with van der Waals surface area (Å²) in [6.07, 6.45) is 0. The van der Waals surface area contributed by atoms with Crippen molar-refractivity contribution in [3.8, 4) is 6.07 Å². The Kier molecular flexibility index (Phi) is 4.33. The maximum Gasteiger partial charge on any atom is 0.0666 e. The Hall–Kier alpha value is -1.33. The van der Waals surface area contributed by atoms with Crippen LogP contribution in [0.5, 0.6) is 0 Å². The van der Waals surface area contributed by atoms with E-state index in [4.69, 9.17) is 5.26 Å². The van der Waals surface area contributed by atoms with Gasteiger partial charge in [0.05, 0.1) is 12.0 Å². The molecule has 1 aromatic rings. The van der Waals surface area contributed by atoms with Crippen LogP contribution in [0, 0.1) is 31.1 Å². The van der Waals surface area contributed by atoms with Gasteiger partial charge in [0.15, 0.2) is 0 Å². The molecular formula is C13H18N2. The van der Waals surface area contributed by atoms with Crippen LogP contribution in [0.3, 0.4) is 0 Å². The lowest BCUT2D eigenvalue weighted by atomic mass is 10.0. The molecular weight excluding hydrogens is 184 g/mol. The first-order valence-corrected chi connectivity index (χ1v) is 5.30. The van der Waals surface area contributed by atoms with Crippen molar-refractivity contribution in [2.24, 2.45) is 5.92 Å². The Bertz CT molecular complexity index is 343. The Morgan fingerprint density at radius 3 is 2.47 bits per heavy atom. The van der Waals surface area contributed by atoms with Crippen LogP contribution in [0.4, 0.5) is 0 Å². The van der Waals surface area contributed by atoms with Gasteiger partial charge >= 0.3 is 0 Å². The van der Waals surface area contributed by atoms with Gasteiger partial charge in [-0.05, 0) is 37.5 Å². The lowest BCUT2D eigenvalue weighted by molar-refractivity contribution is 0.599. The van der Waals surface area contributed by atoms with Gasteiger partial charge in [-0.15, -0.1) is 0 Å². The van der Waals surface area contributed by atoms with Crippen LogP contribution in [-0.4, -0.2) is 6.54 Å². The number of nitrogens with zero attached hydrogens (tertiary/aromatic N) is 1. The third-order valence-corrected chi connectivity index (χ3v) is 2.62. The molecule has 1 N–H and O–H groups in total. The molecule has 2 heteroatoms. The lowest BCUT2D eigenvalue weighted by Crippen LogP contribution is -2.20. The van der Waals surface area contributed by atoms with Crippen LogP contribution in [0.1, 0.15) is 23.6 Å². The average Bonchev–Trinajstić information content (AvgIpc) is 2.22. The average molecular weight is 202 g/mol. The number of hydrogen-bond acceptors (Lipinski definition) is 2. The quantitative estimate of drug-likeness (QED) is 0.814. The summed E-state index contributed by atoms with van der Waals surface area (Å²) in [7, 11) is 0. The molecule has 0 heterocycles. The number of hydrogen-bond donors (Lipinski definition) is 1. The topological polar surface area (TPSA) is 35.8 Å². The number of nitriles is 1. The third-order valence-electron chi connectivity index (χ3n) is 2.62. The first-order chi connectivity index (χ1) is 7.15. The second kappa shape index (κ2) is 5.53. The largest absolute Gasteiger partial charge is 0.311 e. The van der Waals surface area contributed by atoms with Crippen LogP contribution in [0.25, 0.3) is 0 Å². The van der Waals surface area contributed by atoms with E-state index in [-0.39, 0.29) is 5.92 Å². The molecule has 0 aliphatic heterocycles. The summed E-state index contributed by atoms with van der Waals surface area (Å²) in [6, 6.07) is 8.54. The standard InChI is InChI=1S/C13H18N2/c1-10(7-14)8-15-9-13-11(2)5-4-6-12(13)3/h4-6,10,15H,8-9H2,1-3H3. The third kappa shape index (κ3) is 3.38. The van der Waals surface area contributed by atoms with Crippen molar-refractivity contribution in [3.63, 3.8) is 0 Å². The monoisotopic (exact) mass is 202 g/mol. The zero-order valence-corrected chi connectivity index (χ0v) is 9.67. The minimum absolute atomic E-state index is 0.0781. The molecule has 80 valence electrons. The number of aryl methyl sites for hydroxylation is 2. The fourth-order valence-electron chi connectivity index (χ4n) is 1.59. The Morgan fingerprint density at radius 1 is 1.33 bits per heavy atom. The lowest BCUT2D eigenvalue weighted by Gasteiger charge is -2.11.